The molecule has 8 aromatic carbocycles. The van der Waals surface area contributed by atoms with Crippen molar-refractivity contribution < 1.29 is 53.0 Å². The van der Waals surface area contributed by atoms with Gasteiger partial charge in [0.25, 0.3) is 0 Å². The van der Waals surface area contributed by atoms with E-state index in [1.165, 1.54) is 78.9 Å². The molecule has 8 aromatic heterocycles. The molecule has 0 saturated heterocycles. The summed E-state index contributed by atoms with van der Waals surface area (Å²) >= 11 is 0. The molecule has 0 fully saturated rings. The maximum Gasteiger partial charge on any atom is 0.233 e. The molecule has 40 heteroatoms. The first-order chi connectivity index (χ1) is 62.2. The molecular formula is C89H83F11N28O. The fraction of sp³-hybridized carbons (Fsp3) is 0.191. The summed E-state index contributed by atoms with van der Waals surface area (Å²) < 4.78 is 155. The van der Waals surface area contributed by atoms with Crippen molar-refractivity contribution in [2.75, 3.05) is 49.6 Å². The fourth-order valence-corrected chi connectivity index (χ4v) is 12.6. The Hall–Kier alpha value is -15.9. The van der Waals surface area contributed by atoms with Gasteiger partial charge in [-0.15, -0.1) is 0 Å². The van der Waals surface area contributed by atoms with Crippen LogP contribution in [0.3, 0.4) is 0 Å². The quantitative estimate of drug-likeness (QED) is 0.0194. The van der Waals surface area contributed by atoms with Crippen LogP contribution in [0.2, 0.25) is 0 Å². The molecule has 0 aliphatic rings. The zero-order valence-electron chi connectivity index (χ0n) is 70.3. The highest BCUT2D eigenvalue weighted by molar-refractivity contribution is 5.69. The van der Waals surface area contributed by atoms with Crippen molar-refractivity contribution in [3.63, 3.8) is 0 Å². The lowest BCUT2D eigenvalue weighted by molar-refractivity contribution is 0.415. The number of ether oxygens (including phenoxy) is 1. The molecule has 0 saturated carbocycles. The number of nitrogens with zero attached hydrogens (tertiary/aromatic N) is 16. The molecule has 0 radical (unpaired) electrons. The molecule has 129 heavy (non-hydrogen) atoms. The lowest BCUT2D eigenvalue weighted by atomic mass is 10.1. The Balaban J connectivity index is 0.000000147. The molecule has 0 aliphatic heterocycles. The van der Waals surface area contributed by atoms with E-state index in [-0.39, 0.29) is 75.8 Å². The van der Waals surface area contributed by atoms with Gasteiger partial charge < -0.3 is 47.3 Å². The Morgan fingerprint density at radius 3 is 0.868 bits per heavy atom. The number of aromatic nitrogens is 20. The van der Waals surface area contributed by atoms with E-state index in [0.29, 0.717) is 112 Å². The number of hydrogen-bond donors (Lipinski definition) is 12. The normalized spacial score (nSPS) is 11.9. The smallest absolute Gasteiger partial charge is 0.233 e. The molecule has 0 amide bonds. The van der Waals surface area contributed by atoms with Crippen molar-refractivity contribution in [1.82, 2.24) is 101 Å². The van der Waals surface area contributed by atoms with Crippen LogP contribution in [0.25, 0.3) is 45.0 Å². The molecule has 16 rings (SSSR count). The zero-order valence-corrected chi connectivity index (χ0v) is 70.3. The van der Waals surface area contributed by atoms with Crippen LogP contribution < -0.4 is 47.3 Å². The third kappa shape index (κ3) is 24.6. The summed E-state index contributed by atoms with van der Waals surface area (Å²) in [5, 5.41) is 52.4. The van der Waals surface area contributed by atoms with Crippen molar-refractivity contribution in [2.24, 2.45) is 0 Å². The summed E-state index contributed by atoms with van der Waals surface area (Å²) in [5.41, 5.74) is 6.52. The minimum atomic E-state index is -0.662. The minimum absolute atomic E-state index is 0.220. The van der Waals surface area contributed by atoms with Gasteiger partial charge in [0.1, 0.15) is 93.0 Å². The molecule has 4 atom stereocenters. The predicted molar refractivity (Wildman–Crippen MR) is 466 cm³/mol. The summed E-state index contributed by atoms with van der Waals surface area (Å²) in [4.78, 5) is 52.1. The number of hydrogen-bond acceptors (Lipinski definition) is 25. The second-order valence-electron chi connectivity index (χ2n) is 28.5. The van der Waals surface area contributed by atoms with E-state index in [2.05, 4.69) is 143 Å². The summed E-state index contributed by atoms with van der Waals surface area (Å²) in [7, 11) is 1.62. The van der Waals surface area contributed by atoms with Crippen molar-refractivity contribution in [2.45, 2.75) is 105 Å². The standard InChI is InChI=1S/C23H23F2N7O.3C22H20F3N7/c1-4-20-27-22(26-13(2)17-10-7-15(24)11-18(17)25)30-23(28-20)29-21-12-19(31-32-21)14-5-8-16(33-3)9-6-14;1-3-19-27-21(26-12(2)16-9-8-15(24)10-17(16)25)30-22(28-19)29-20-11-18(31-32-20)13-4-6-14(23)7-5-13;1-3-19-27-21(26-12(2)16-8-7-15(24)10-17(16)25)30-22(28-19)29-20-11-18(31-32-20)13-5-4-6-14(23)9-13;1-3-19-27-21(26-12(2)14-9-8-13(23)10-17(14)25)30-22(28-19)29-20-11-18(31-32-20)15-6-4-5-7-16(15)24/h5-13H,4H2,1-3H3,(H3,26,27,28,29,30,31,32);3*4-12H,3H2,1-2H3,(H3,26,27,28,29,30,31,32). The Morgan fingerprint density at radius 1 is 0.271 bits per heavy atom. The molecule has 0 spiro atoms. The van der Waals surface area contributed by atoms with E-state index < -0.39 is 70.7 Å². The van der Waals surface area contributed by atoms with Gasteiger partial charge in [-0.25, -0.2) is 48.3 Å². The average Bonchev–Trinajstić information content (AvgIpc) is 1.80. The largest absolute Gasteiger partial charge is 0.497 e. The minimum Gasteiger partial charge on any atom is -0.497 e. The maximum absolute atomic E-state index is 14.1. The van der Waals surface area contributed by atoms with Gasteiger partial charge in [0.05, 0.1) is 54.1 Å². The van der Waals surface area contributed by atoms with Gasteiger partial charge in [-0.1, -0.05) is 76.2 Å². The first kappa shape index (κ1) is 90.8. The molecule has 0 aliphatic carbocycles. The second kappa shape index (κ2) is 42.2. The highest BCUT2D eigenvalue weighted by atomic mass is 19.2. The summed E-state index contributed by atoms with van der Waals surface area (Å²) in [6, 6.07) is 44.6. The molecule has 16 aromatic rings. The number of anilines is 12. The SMILES string of the molecule is CCc1nc(Nc2cc(-c3ccc(F)cc3)[nH]n2)nc(NC(C)c2ccc(F)cc2F)n1.CCc1nc(Nc2cc(-c3ccc(OC)cc3)[nH]n2)nc(NC(C)c2ccc(F)cc2F)n1.CCc1nc(Nc2cc(-c3cccc(F)c3)[nH]n2)nc(NC(C)c2ccc(F)cc2F)n1.CCc1nc(Nc2cc(-c3ccccc3F)[nH]n2)nc(NC(C)c2ccc(F)cc2F)n1. The topological polar surface area (TPSA) is 375 Å². The lowest BCUT2D eigenvalue weighted by Crippen LogP contribution is -2.14. The molecule has 0 bridgehead atoms. The van der Waals surface area contributed by atoms with Crippen molar-refractivity contribution in [3.8, 4) is 50.8 Å². The number of methoxy groups -OCH3 is 1. The van der Waals surface area contributed by atoms with Gasteiger partial charge >= 0.3 is 0 Å². The molecule has 29 nitrogen and oxygen atoms in total. The first-order valence-electron chi connectivity index (χ1n) is 40.3. The number of aromatic amines is 4. The Kier molecular flexibility index (Phi) is 29.7. The van der Waals surface area contributed by atoms with Crippen molar-refractivity contribution >= 4 is 70.9 Å². The molecule has 662 valence electrons. The van der Waals surface area contributed by atoms with Crippen LogP contribution in [-0.2, 0) is 25.7 Å². The number of aryl methyl sites for hydroxylation is 4. The number of halogens is 11. The Bertz CT molecular complexity index is 6500. The summed E-state index contributed by atoms with van der Waals surface area (Å²) in [6.45, 7) is 14.5. The highest BCUT2D eigenvalue weighted by Crippen LogP contribution is 2.32. The fourth-order valence-electron chi connectivity index (χ4n) is 12.6. The van der Waals surface area contributed by atoms with Crippen molar-refractivity contribution in [1.29, 1.82) is 0 Å². The van der Waals surface area contributed by atoms with Gasteiger partial charge in [-0.2, -0.15) is 80.2 Å². The third-order valence-corrected chi connectivity index (χ3v) is 19.2. The zero-order chi connectivity index (χ0) is 91.4. The van der Waals surface area contributed by atoms with Crippen LogP contribution in [0.1, 0.15) is 125 Å². The van der Waals surface area contributed by atoms with E-state index in [9.17, 15) is 48.3 Å². The molecule has 4 unspecified atom stereocenters. The second-order valence-corrected chi connectivity index (χ2v) is 28.5. The van der Waals surface area contributed by atoms with Crippen LogP contribution in [0, 0.1) is 64.0 Å². The Labute approximate surface area is 730 Å². The van der Waals surface area contributed by atoms with Crippen LogP contribution in [0.5, 0.6) is 5.75 Å². The number of nitrogens with one attached hydrogen (secondary N) is 12. The first-order valence-corrected chi connectivity index (χ1v) is 40.3. The van der Waals surface area contributed by atoms with Crippen LogP contribution in [-0.4, -0.2) is 108 Å². The highest BCUT2D eigenvalue weighted by Gasteiger charge is 2.23. The molecule has 8 heterocycles. The van der Waals surface area contributed by atoms with E-state index in [0.717, 1.165) is 46.8 Å². The van der Waals surface area contributed by atoms with Gasteiger partial charge in [0.2, 0.25) is 47.6 Å². The van der Waals surface area contributed by atoms with Gasteiger partial charge in [0, 0.05) is 108 Å². The van der Waals surface area contributed by atoms with E-state index in [4.69, 9.17) is 4.74 Å². The predicted octanol–water partition coefficient (Wildman–Crippen LogP) is 20.5. The Morgan fingerprint density at radius 2 is 0.558 bits per heavy atom. The summed E-state index contributed by atoms with van der Waals surface area (Å²) in [5.74, 6) is 0.417. The molecule has 12 N–H and O–H groups in total. The lowest BCUT2D eigenvalue weighted by Gasteiger charge is -2.16. The number of benzene rings is 8. The number of H-pyrrole nitrogens is 4. The van der Waals surface area contributed by atoms with Gasteiger partial charge in [0.15, 0.2) is 23.3 Å². The van der Waals surface area contributed by atoms with Crippen molar-refractivity contribution in [3.05, 3.63) is 304 Å². The van der Waals surface area contributed by atoms with E-state index in [1.807, 2.05) is 58.0 Å². The third-order valence-electron chi connectivity index (χ3n) is 19.2. The van der Waals surface area contributed by atoms with Crippen LogP contribution in [0.15, 0.2) is 194 Å². The average molecular weight is 1770 g/mol. The monoisotopic (exact) mass is 1770 g/mol. The van der Waals surface area contributed by atoms with E-state index >= 15 is 0 Å². The van der Waals surface area contributed by atoms with Gasteiger partial charge in [-0.3, -0.25) is 20.4 Å². The number of rotatable bonds is 29. The van der Waals surface area contributed by atoms with E-state index in [1.54, 1.807) is 95.5 Å². The van der Waals surface area contributed by atoms with Gasteiger partial charge in [-0.05, 0) is 136 Å². The molecular weight excluding hydrogens is 1690 g/mol. The van der Waals surface area contributed by atoms with Crippen LogP contribution >= 0.6 is 0 Å². The maximum atomic E-state index is 14.1. The summed E-state index contributed by atoms with van der Waals surface area (Å²) in [6.07, 6.45) is 2.20. The van der Waals surface area contributed by atoms with Crippen LogP contribution in [0.4, 0.5) is 119 Å².